The van der Waals surface area contributed by atoms with E-state index < -0.39 is 18.2 Å². The lowest BCUT2D eigenvalue weighted by Crippen LogP contribution is -2.50. The number of unbranched alkanes of at least 4 members (excludes halogenated alkanes) is 30. The number of hydrogen-bond acceptors (Lipinski definition) is 4. The molecule has 0 rings (SSSR count). The first kappa shape index (κ1) is 48.1. The number of amides is 1. The van der Waals surface area contributed by atoms with E-state index in [0.717, 1.165) is 38.5 Å². The highest BCUT2D eigenvalue weighted by Gasteiger charge is 2.26. The van der Waals surface area contributed by atoms with Crippen LogP contribution in [0.4, 0.5) is 0 Å². The molecule has 0 aliphatic heterocycles. The van der Waals surface area contributed by atoms with E-state index in [1.807, 2.05) is 0 Å². The molecular weight excluding hydrogens is 606 g/mol. The minimum absolute atomic E-state index is 0.153. The minimum atomic E-state index is -1.15. The van der Waals surface area contributed by atoms with Crippen molar-refractivity contribution in [1.82, 2.24) is 5.32 Å². The lowest BCUT2D eigenvalue weighted by atomic mass is 10.0. The molecule has 49 heavy (non-hydrogen) atoms. The summed E-state index contributed by atoms with van der Waals surface area (Å²) in [6, 6.07) is -0.820. The second-order valence-electron chi connectivity index (χ2n) is 15.3. The molecule has 1 amide bonds. The molecule has 0 spiro atoms. The minimum Gasteiger partial charge on any atom is -0.394 e. The molecule has 4 N–H and O–H groups in total. The van der Waals surface area contributed by atoms with Gasteiger partial charge in [0.25, 0.3) is 0 Å². The largest absolute Gasteiger partial charge is 0.394 e. The van der Waals surface area contributed by atoms with E-state index in [1.165, 1.54) is 173 Å². The molecule has 0 aliphatic carbocycles. The Labute approximate surface area is 306 Å². The van der Waals surface area contributed by atoms with Crippen molar-refractivity contribution in [1.29, 1.82) is 0 Å². The smallest absolute Gasteiger partial charge is 0.220 e. The Morgan fingerprint density at radius 3 is 1.18 bits per heavy atom. The highest BCUT2D eigenvalue weighted by Crippen LogP contribution is 2.16. The zero-order valence-corrected chi connectivity index (χ0v) is 33.1. The van der Waals surface area contributed by atoms with Crippen LogP contribution in [0.2, 0.25) is 0 Å². The van der Waals surface area contributed by atoms with Gasteiger partial charge in [-0.1, -0.05) is 206 Å². The molecule has 0 bridgehead atoms. The van der Waals surface area contributed by atoms with Crippen LogP contribution in [0.3, 0.4) is 0 Å². The third-order valence-corrected chi connectivity index (χ3v) is 10.4. The molecule has 0 saturated carbocycles. The summed E-state index contributed by atoms with van der Waals surface area (Å²) in [5.41, 5.74) is 0. The van der Waals surface area contributed by atoms with Crippen molar-refractivity contribution in [2.45, 2.75) is 257 Å². The van der Waals surface area contributed by atoms with Gasteiger partial charge in [-0.15, -0.1) is 0 Å². The third kappa shape index (κ3) is 35.3. The highest BCUT2D eigenvalue weighted by atomic mass is 16.3. The van der Waals surface area contributed by atoms with Crippen molar-refractivity contribution in [2.24, 2.45) is 0 Å². The van der Waals surface area contributed by atoms with E-state index in [4.69, 9.17) is 0 Å². The topological polar surface area (TPSA) is 89.8 Å². The van der Waals surface area contributed by atoms with Gasteiger partial charge >= 0.3 is 0 Å². The van der Waals surface area contributed by atoms with Crippen molar-refractivity contribution in [2.75, 3.05) is 6.61 Å². The first-order chi connectivity index (χ1) is 24.1. The predicted octanol–water partition coefficient (Wildman–Crippen LogP) is 12.4. The number of rotatable bonds is 40. The highest BCUT2D eigenvalue weighted by molar-refractivity contribution is 5.76. The summed E-state index contributed by atoms with van der Waals surface area (Å²) < 4.78 is 0. The van der Waals surface area contributed by atoms with Gasteiger partial charge in [-0.2, -0.15) is 0 Å². The van der Waals surface area contributed by atoms with Gasteiger partial charge in [0.15, 0.2) is 0 Å². The molecule has 0 heterocycles. The molecule has 0 aromatic rings. The van der Waals surface area contributed by atoms with Gasteiger partial charge in [0, 0.05) is 6.42 Å². The number of aliphatic hydroxyl groups excluding tert-OH is 3. The Morgan fingerprint density at radius 1 is 0.490 bits per heavy atom. The normalized spacial score (nSPS) is 13.7. The van der Waals surface area contributed by atoms with E-state index in [0.29, 0.717) is 12.8 Å². The van der Waals surface area contributed by atoms with Crippen LogP contribution >= 0.6 is 0 Å². The molecule has 0 aliphatic rings. The molecule has 0 aromatic carbocycles. The quantitative estimate of drug-likeness (QED) is 0.0380. The number of carbonyl (C=O) groups is 1. The summed E-state index contributed by atoms with van der Waals surface area (Å²) in [5.74, 6) is -0.153. The SMILES string of the molecule is CCCCCCCCCCCCCCCCCCCC/C=C/CCCC(O)C(O)C(CO)NC(=O)CCCCCCCCCCCCCC. The Hall–Kier alpha value is -0.910. The summed E-state index contributed by atoms with van der Waals surface area (Å²) in [4.78, 5) is 12.4. The van der Waals surface area contributed by atoms with Crippen molar-refractivity contribution in [3.63, 3.8) is 0 Å². The van der Waals surface area contributed by atoms with Crippen molar-refractivity contribution < 1.29 is 20.1 Å². The van der Waals surface area contributed by atoms with Crippen LogP contribution in [0.25, 0.3) is 0 Å². The fourth-order valence-corrected chi connectivity index (χ4v) is 6.93. The van der Waals surface area contributed by atoms with Crippen LogP contribution in [0.1, 0.15) is 239 Å². The standard InChI is InChI=1S/C44H87NO4/c1-3-5-7-9-11-13-15-17-18-19-20-21-22-23-24-25-26-27-28-30-32-34-36-38-42(47)44(49)41(40-46)45-43(48)39-37-35-33-31-29-16-14-12-10-8-6-4-2/h30,32,41-42,44,46-47,49H,3-29,31,33-40H2,1-2H3,(H,45,48)/b32-30+. The second-order valence-corrected chi connectivity index (χ2v) is 15.3. The van der Waals surface area contributed by atoms with Gasteiger partial charge in [0.05, 0.1) is 18.8 Å². The van der Waals surface area contributed by atoms with Gasteiger partial charge in [0.1, 0.15) is 6.10 Å². The molecule has 5 nitrogen and oxygen atoms in total. The number of allylic oxidation sites excluding steroid dienone is 2. The molecule has 5 heteroatoms. The van der Waals surface area contributed by atoms with Crippen LogP contribution in [-0.4, -0.2) is 46.1 Å². The van der Waals surface area contributed by atoms with E-state index in [-0.39, 0.29) is 12.5 Å². The maximum atomic E-state index is 12.4. The zero-order chi connectivity index (χ0) is 35.9. The van der Waals surface area contributed by atoms with Gasteiger partial charge in [0.2, 0.25) is 5.91 Å². The van der Waals surface area contributed by atoms with E-state index >= 15 is 0 Å². The van der Waals surface area contributed by atoms with E-state index in [1.54, 1.807) is 0 Å². The van der Waals surface area contributed by atoms with Crippen molar-refractivity contribution in [3.05, 3.63) is 12.2 Å². The van der Waals surface area contributed by atoms with Crippen molar-refractivity contribution >= 4 is 5.91 Å². The van der Waals surface area contributed by atoms with Crippen molar-refractivity contribution in [3.8, 4) is 0 Å². The van der Waals surface area contributed by atoms with Gasteiger partial charge < -0.3 is 20.6 Å². The maximum absolute atomic E-state index is 12.4. The number of aliphatic hydroxyl groups is 3. The van der Waals surface area contributed by atoms with Gasteiger partial charge in [-0.3, -0.25) is 4.79 Å². The molecule has 3 atom stereocenters. The fraction of sp³-hybridized carbons (Fsp3) is 0.932. The maximum Gasteiger partial charge on any atom is 0.220 e. The predicted molar refractivity (Wildman–Crippen MR) is 213 cm³/mol. The molecule has 0 radical (unpaired) electrons. The summed E-state index contributed by atoms with van der Waals surface area (Å²) >= 11 is 0. The lowest BCUT2D eigenvalue weighted by Gasteiger charge is -2.26. The Morgan fingerprint density at radius 2 is 0.816 bits per heavy atom. The van der Waals surface area contributed by atoms with Crippen LogP contribution in [0.15, 0.2) is 12.2 Å². The molecule has 0 fully saturated rings. The molecule has 3 unspecified atom stereocenters. The summed E-state index contributed by atoms with van der Waals surface area (Å²) in [7, 11) is 0. The first-order valence-electron chi connectivity index (χ1n) is 22.0. The summed E-state index contributed by atoms with van der Waals surface area (Å²) in [5, 5.41) is 33.5. The molecule has 0 aromatic heterocycles. The summed E-state index contributed by atoms with van der Waals surface area (Å²) in [6.45, 7) is 4.17. The average Bonchev–Trinajstić information content (AvgIpc) is 3.10. The average molecular weight is 694 g/mol. The third-order valence-electron chi connectivity index (χ3n) is 10.4. The molecule has 0 saturated heterocycles. The zero-order valence-electron chi connectivity index (χ0n) is 33.1. The Bertz CT molecular complexity index is 684. The van der Waals surface area contributed by atoms with E-state index in [9.17, 15) is 20.1 Å². The number of nitrogens with one attached hydrogen (secondary N) is 1. The van der Waals surface area contributed by atoms with Crippen LogP contribution in [0, 0.1) is 0 Å². The Balaban J connectivity index is 3.60. The molecular formula is C44H87NO4. The summed E-state index contributed by atoms with van der Waals surface area (Å²) in [6.07, 6.45) is 46.1. The van der Waals surface area contributed by atoms with Gasteiger partial charge in [-0.25, -0.2) is 0 Å². The first-order valence-corrected chi connectivity index (χ1v) is 22.0. The lowest BCUT2D eigenvalue weighted by molar-refractivity contribution is -0.124. The van der Waals surface area contributed by atoms with Crippen LogP contribution in [-0.2, 0) is 4.79 Å². The van der Waals surface area contributed by atoms with Crippen LogP contribution < -0.4 is 5.32 Å². The monoisotopic (exact) mass is 694 g/mol. The number of hydrogen-bond donors (Lipinski definition) is 4. The Kier molecular flexibility index (Phi) is 39.1. The van der Waals surface area contributed by atoms with E-state index in [2.05, 4.69) is 31.3 Å². The number of carbonyl (C=O) groups excluding carboxylic acids is 1. The van der Waals surface area contributed by atoms with Crippen LogP contribution in [0.5, 0.6) is 0 Å². The molecule has 292 valence electrons. The van der Waals surface area contributed by atoms with Gasteiger partial charge in [-0.05, 0) is 38.5 Å². The second kappa shape index (κ2) is 39.9. The fourth-order valence-electron chi connectivity index (χ4n) is 6.93.